The van der Waals surface area contributed by atoms with Crippen LogP contribution in [0.1, 0.15) is 44.2 Å². The van der Waals surface area contributed by atoms with Crippen molar-refractivity contribution in [3.63, 3.8) is 0 Å². The molecule has 0 saturated carbocycles. The Bertz CT molecular complexity index is 411. The Morgan fingerprint density at radius 1 is 1.21 bits per heavy atom. The van der Waals surface area contributed by atoms with Crippen LogP contribution in [-0.2, 0) is 4.79 Å². The highest BCUT2D eigenvalue weighted by Crippen LogP contribution is 2.16. The van der Waals surface area contributed by atoms with E-state index in [1.807, 2.05) is 18.2 Å². The van der Waals surface area contributed by atoms with Gasteiger partial charge in [-0.2, -0.15) is 0 Å². The maximum atomic E-state index is 11.7. The van der Waals surface area contributed by atoms with Crippen LogP contribution in [0.5, 0.6) is 5.75 Å². The Morgan fingerprint density at radius 3 is 2.47 bits per heavy atom. The minimum absolute atomic E-state index is 0.0672. The summed E-state index contributed by atoms with van der Waals surface area (Å²) in [5.41, 5.74) is 2.46. The summed E-state index contributed by atoms with van der Waals surface area (Å²) in [6, 6.07) is 6.28. The van der Waals surface area contributed by atoms with Crippen molar-refractivity contribution in [3.05, 3.63) is 29.3 Å². The SMILES string of the molecule is CCC(CC)NC(=O)CCOc1ccc(C)c(C)c1. The van der Waals surface area contributed by atoms with Crippen LogP contribution in [0.3, 0.4) is 0 Å². The Balaban J connectivity index is 2.33. The van der Waals surface area contributed by atoms with E-state index in [4.69, 9.17) is 4.74 Å². The van der Waals surface area contributed by atoms with Gasteiger partial charge in [0.2, 0.25) is 5.91 Å². The van der Waals surface area contributed by atoms with E-state index < -0.39 is 0 Å². The molecular formula is C16H25NO2. The summed E-state index contributed by atoms with van der Waals surface area (Å²) in [5, 5.41) is 3.00. The lowest BCUT2D eigenvalue weighted by Gasteiger charge is -2.15. The second-order valence-corrected chi connectivity index (χ2v) is 4.93. The van der Waals surface area contributed by atoms with Gasteiger partial charge in [0.15, 0.2) is 0 Å². The monoisotopic (exact) mass is 263 g/mol. The van der Waals surface area contributed by atoms with Gasteiger partial charge >= 0.3 is 0 Å². The Labute approximate surface area is 116 Å². The molecule has 0 atom stereocenters. The minimum atomic E-state index is 0.0672. The third kappa shape index (κ3) is 5.33. The molecule has 0 aliphatic rings. The number of hydrogen-bond acceptors (Lipinski definition) is 2. The number of hydrogen-bond donors (Lipinski definition) is 1. The summed E-state index contributed by atoms with van der Waals surface area (Å²) in [5.74, 6) is 0.899. The van der Waals surface area contributed by atoms with Crippen LogP contribution in [0.4, 0.5) is 0 Å². The van der Waals surface area contributed by atoms with Crippen LogP contribution in [0.25, 0.3) is 0 Å². The number of benzene rings is 1. The molecule has 106 valence electrons. The third-order valence-corrected chi connectivity index (χ3v) is 3.43. The predicted molar refractivity (Wildman–Crippen MR) is 78.5 cm³/mol. The summed E-state index contributed by atoms with van der Waals surface area (Å²) in [7, 11) is 0. The van der Waals surface area contributed by atoms with Gasteiger partial charge in [0.1, 0.15) is 5.75 Å². The van der Waals surface area contributed by atoms with Crippen molar-refractivity contribution in [1.29, 1.82) is 0 Å². The average Bonchev–Trinajstić information content (AvgIpc) is 2.40. The van der Waals surface area contributed by atoms with Crippen molar-refractivity contribution in [3.8, 4) is 5.75 Å². The molecule has 3 heteroatoms. The maximum Gasteiger partial charge on any atom is 0.223 e. The number of ether oxygens (including phenoxy) is 1. The largest absolute Gasteiger partial charge is 0.493 e. The Hall–Kier alpha value is -1.51. The molecule has 19 heavy (non-hydrogen) atoms. The van der Waals surface area contributed by atoms with Crippen LogP contribution in [0, 0.1) is 13.8 Å². The predicted octanol–water partition coefficient (Wildman–Crippen LogP) is 3.38. The molecule has 0 radical (unpaired) electrons. The third-order valence-electron chi connectivity index (χ3n) is 3.43. The van der Waals surface area contributed by atoms with Crippen LogP contribution in [0.2, 0.25) is 0 Å². The quantitative estimate of drug-likeness (QED) is 0.819. The van der Waals surface area contributed by atoms with E-state index in [1.54, 1.807) is 0 Å². The number of rotatable bonds is 7. The molecule has 1 rings (SSSR count). The lowest BCUT2D eigenvalue weighted by Crippen LogP contribution is -2.34. The zero-order valence-corrected chi connectivity index (χ0v) is 12.5. The van der Waals surface area contributed by atoms with Crippen LogP contribution < -0.4 is 10.1 Å². The first-order valence-electron chi connectivity index (χ1n) is 7.06. The molecular weight excluding hydrogens is 238 g/mol. The molecule has 1 amide bonds. The summed E-state index contributed by atoms with van der Waals surface area (Å²) in [4.78, 5) is 11.7. The molecule has 0 unspecified atom stereocenters. The van der Waals surface area contributed by atoms with Gasteiger partial charge in [0, 0.05) is 6.04 Å². The van der Waals surface area contributed by atoms with E-state index in [-0.39, 0.29) is 11.9 Å². The topological polar surface area (TPSA) is 38.3 Å². The zero-order valence-electron chi connectivity index (χ0n) is 12.5. The normalized spacial score (nSPS) is 10.6. The zero-order chi connectivity index (χ0) is 14.3. The van der Waals surface area contributed by atoms with E-state index in [0.717, 1.165) is 18.6 Å². The van der Waals surface area contributed by atoms with Crippen molar-refractivity contribution >= 4 is 5.91 Å². The van der Waals surface area contributed by atoms with Crippen molar-refractivity contribution in [2.75, 3.05) is 6.61 Å². The molecule has 0 saturated heterocycles. The van der Waals surface area contributed by atoms with Crippen molar-refractivity contribution in [2.45, 2.75) is 53.0 Å². The molecule has 3 nitrogen and oxygen atoms in total. The molecule has 0 heterocycles. The number of amides is 1. The van der Waals surface area contributed by atoms with Gasteiger partial charge < -0.3 is 10.1 Å². The molecule has 0 fully saturated rings. The Kier molecular flexibility index (Phi) is 6.40. The van der Waals surface area contributed by atoms with Gasteiger partial charge in [0.05, 0.1) is 13.0 Å². The fraction of sp³-hybridized carbons (Fsp3) is 0.562. The summed E-state index contributed by atoms with van der Waals surface area (Å²) in [6.07, 6.45) is 2.35. The first-order valence-corrected chi connectivity index (χ1v) is 7.06. The highest BCUT2D eigenvalue weighted by atomic mass is 16.5. The lowest BCUT2D eigenvalue weighted by atomic mass is 10.1. The van der Waals surface area contributed by atoms with E-state index >= 15 is 0 Å². The Morgan fingerprint density at radius 2 is 1.89 bits per heavy atom. The molecule has 0 aliphatic carbocycles. The molecule has 0 bridgehead atoms. The van der Waals surface area contributed by atoms with E-state index in [1.165, 1.54) is 11.1 Å². The van der Waals surface area contributed by atoms with Gasteiger partial charge in [-0.15, -0.1) is 0 Å². The number of carbonyl (C=O) groups excluding carboxylic acids is 1. The number of aryl methyl sites for hydroxylation is 2. The molecule has 0 spiro atoms. The average molecular weight is 263 g/mol. The first-order chi connectivity index (χ1) is 9.06. The highest BCUT2D eigenvalue weighted by Gasteiger charge is 2.08. The lowest BCUT2D eigenvalue weighted by molar-refractivity contribution is -0.122. The fourth-order valence-corrected chi connectivity index (χ4v) is 1.86. The van der Waals surface area contributed by atoms with E-state index in [9.17, 15) is 4.79 Å². The summed E-state index contributed by atoms with van der Waals surface area (Å²) < 4.78 is 5.60. The van der Waals surface area contributed by atoms with Gasteiger partial charge in [-0.05, 0) is 49.9 Å². The minimum Gasteiger partial charge on any atom is -0.493 e. The second kappa shape index (κ2) is 7.82. The van der Waals surface area contributed by atoms with E-state index in [0.29, 0.717) is 13.0 Å². The van der Waals surface area contributed by atoms with Crippen molar-refractivity contribution in [2.24, 2.45) is 0 Å². The van der Waals surface area contributed by atoms with Gasteiger partial charge in [-0.3, -0.25) is 4.79 Å². The van der Waals surface area contributed by atoms with Gasteiger partial charge in [-0.1, -0.05) is 19.9 Å². The van der Waals surface area contributed by atoms with E-state index in [2.05, 4.69) is 33.0 Å². The van der Waals surface area contributed by atoms with Gasteiger partial charge in [-0.25, -0.2) is 0 Å². The van der Waals surface area contributed by atoms with Crippen LogP contribution in [-0.4, -0.2) is 18.6 Å². The molecule has 1 aromatic carbocycles. The fourth-order valence-electron chi connectivity index (χ4n) is 1.86. The second-order valence-electron chi connectivity index (χ2n) is 4.93. The smallest absolute Gasteiger partial charge is 0.223 e. The van der Waals surface area contributed by atoms with Crippen LogP contribution >= 0.6 is 0 Å². The van der Waals surface area contributed by atoms with Gasteiger partial charge in [0.25, 0.3) is 0 Å². The summed E-state index contributed by atoms with van der Waals surface area (Å²) >= 11 is 0. The number of carbonyl (C=O) groups is 1. The standard InChI is InChI=1S/C16H25NO2/c1-5-14(6-2)17-16(18)9-10-19-15-8-7-12(3)13(4)11-15/h7-8,11,14H,5-6,9-10H2,1-4H3,(H,17,18). The van der Waals surface area contributed by atoms with Crippen molar-refractivity contribution in [1.82, 2.24) is 5.32 Å². The highest BCUT2D eigenvalue weighted by molar-refractivity contribution is 5.76. The maximum absolute atomic E-state index is 11.7. The molecule has 1 N–H and O–H groups in total. The molecule has 0 aromatic heterocycles. The van der Waals surface area contributed by atoms with Crippen LogP contribution in [0.15, 0.2) is 18.2 Å². The van der Waals surface area contributed by atoms with Crippen molar-refractivity contribution < 1.29 is 9.53 Å². The first kappa shape index (κ1) is 15.5. The summed E-state index contributed by atoms with van der Waals surface area (Å²) in [6.45, 7) is 8.72. The molecule has 1 aromatic rings. The molecule has 0 aliphatic heterocycles. The number of nitrogens with one attached hydrogen (secondary N) is 1.